The second-order valence-electron chi connectivity index (χ2n) is 8.90. The van der Waals surface area contributed by atoms with Gasteiger partial charge in [-0.25, -0.2) is 0 Å². The minimum Gasteiger partial charge on any atom is -0.504 e. The number of para-hydroxylation sites is 1. The molecule has 0 aromatic heterocycles. The number of phenols is 1. The van der Waals surface area contributed by atoms with Crippen LogP contribution in [0, 0.1) is 0 Å². The first-order valence-electron chi connectivity index (χ1n) is 10.9. The molecular weight excluding hydrogens is 478 g/mol. The Morgan fingerprint density at radius 1 is 1.11 bits per heavy atom. The lowest BCUT2D eigenvalue weighted by molar-refractivity contribution is -0.154. The number of rotatable bonds is 6. The highest BCUT2D eigenvalue weighted by molar-refractivity contribution is 6.30. The number of aromatic hydroxyl groups is 1. The molecule has 3 rings (SSSR count). The monoisotopic (exact) mass is 505 g/mol. The summed E-state index contributed by atoms with van der Waals surface area (Å²) < 4.78 is 21.8. The standard InChI is InChI=1S/C25H28ClNO8/c1-25(2,3)35-21(30)13-27-17-10-9-14(26)11-16(17)22(15-7-6-8-18(28)23(15)33-5)34-19(24(27)31)12-20(29)32-4/h6-11,19,22,28H,12-13H2,1-5H3. The van der Waals surface area contributed by atoms with E-state index in [0.717, 1.165) is 0 Å². The first-order chi connectivity index (χ1) is 16.4. The number of phenolic OH excluding ortho intramolecular Hbond substituents is 1. The first-order valence-corrected chi connectivity index (χ1v) is 11.2. The van der Waals surface area contributed by atoms with Crippen molar-refractivity contribution in [2.75, 3.05) is 25.7 Å². The molecule has 2 aromatic carbocycles. The van der Waals surface area contributed by atoms with Gasteiger partial charge in [0.1, 0.15) is 24.4 Å². The van der Waals surface area contributed by atoms with E-state index in [4.69, 9.17) is 30.5 Å². The van der Waals surface area contributed by atoms with Gasteiger partial charge in [-0.05, 0) is 45.0 Å². The molecular formula is C25H28ClNO8. The molecule has 0 spiro atoms. The molecule has 1 N–H and O–H groups in total. The summed E-state index contributed by atoms with van der Waals surface area (Å²) in [7, 11) is 2.59. The number of carbonyl (C=O) groups is 3. The second kappa shape index (κ2) is 10.5. The highest BCUT2D eigenvalue weighted by Gasteiger charge is 2.40. The van der Waals surface area contributed by atoms with Crippen LogP contribution in [0.2, 0.25) is 5.02 Å². The summed E-state index contributed by atoms with van der Waals surface area (Å²) in [6.07, 6.45) is -2.69. The summed E-state index contributed by atoms with van der Waals surface area (Å²) in [4.78, 5) is 39.7. The summed E-state index contributed by atoms with van der Waals surface area (Å²) in [5, 5.41) is 10.7. The van der Waals surface area contributed by atoms with E-state index < -0.39 is 48.6 Å². The Morgan fingerprint density at radius 3 is 2.46 bits per heavy atom. The lowest BCUT2D eigenvalue weighted by Gasteiger charge is -2.26. The zero-order chi connectivity index (χ0) is 25.9. The van der Waals surface area contributed by atoms with E-state index in [0.29, 0.717) is 21.8 Å². The zero-order valence-electron chi connectivity index (χ0n) is 20.2. The van der Waals surface area contributed by atoms with Crippen LogP contribution < -0.4 is 9.64 Å². The van der Waals surface area contributed by atoms with E-state index in [2.05, 4.69) is 0 Å². The number of benzene rings is 2. The number of nitrogens with zero attached hydrogens (tertiary/aromatic N) is 1. The van der Waals surface area contributed by atoms with Crippen LogP contribution in [0.4, 0.5) is 5.69 Å². The first kappa shape index (κ1) is 26.3. The number of esters is 2. The lowest BCUT2D eigenvalue weighted by atomic mass is 9.98. The fraction of sp³-hybridized carbons (Fsp3) is 0.400. The smallest absolute Gasteiger partial charge is 0.326 e. The van der Waals surface area contributed by atoms with E-state index in [1.165, 1.54) is 25.2 Å². The Morgan fingerprint density at radius 2 is 1.83 bits per heavy atom. The van der Waals surface area contributed by atoms with Crippen molar-refractivity contribution in [3.8, 4) is 11.5 Å². The van der Waals surface area contributed by atoms with Gasteiger partial charge in [-0.2, -0.15) is 0 Å². The van der Waals surface area contributed by atoms with Crippen LogP contribution in [0.3, 0.4) is 0 Å². The highest BCUT2D eigenvalue weighted by atomic mass is 35.5. The molecule has 2 atom stereocenters. The predicted octanol–water partition coefficient (Wildman–Crippen LogP) is 3.78. The predicted molar refractivity (Wildman–Crippen MR) is 128 cm³/mol. The average Bonchev–Trinajstić information content (AvgIpc) is 2.88. The van der Waals surface area contributed by atoms with Gasteiger partial charge in [-0.1, -0.05) is 23.7 Å². The van der Waals surface area contributed by atoms with Gasteiger partial charge in [-0.15, -0.1) is 0 Å². The molecule has 1 aliphatic rings. The van der Waals surface area contributed by atoms with Crippen molar-refractivity contribution in [3.63, 3.8) is 0 Å². The molecule has 10 heteroatoms. The maximum absolute atomic E-state index is 13.6. The molecule has 0 saturated heterocycles. The molecule has 0 saturated carbocycles. The van der Waals surface area contributed by atoms with Crippen LogP contribution in [0.1, 0.15) is 44.4 Å². The number of anilines is 1. The number of fused-ring (bicyclic) bond motifs is 1. The summed E-state index contributed by atoms with van der Waals surface area (Å²) in [5.74, 6) is -1.95. The molecule has 1 heterocycles. The highest BCUT2D eigenvalue weighted by Crippen LogP contribution is 2.44. The van der Waals surface area contributed by atoms with Crippen LogP contribution in [0.5, 0.6) is 11.5 Å². The van der Waals surface area contributed by atoms with Crippen molar-refractivity contribution in [2.45, 2.75) is 45.0 Å². The van der Waals surface area contributed by atoms with Crippen LogP contribution >= 0.6 is 11.6 Å². The van der Waals surface area contributed by atoms with Crippen LogP contribution in [-0.2, 0) is 28.6 Å². The Balaban J connectivity index is 2.19. The normalized spacial score (nSPS) is 17.9. The third-order valence-corrected chi connectivity index (χ3v) is 5.44. The molecule has 35 heavy (non-hydrogen) atoms. The molecule has 2 aromatic rings. The van der Waals surface area contributed by atoms with Gasteiger partial charge >= 0.3 is 11.9 Å². The molecule has 1 aliphatic heterocycles. The van der Waals surface area contributed by atoms with Crippen molar-refractivity contribution < 1.29 is 38.4 Å². The number of methoxy groups -OCH3 is 2. The summed E-state index contributed by atoms with van der Waals surface area (Å²) >= 11 is 6.30. The van der Waals surface area contributed by atoms with Crippen molar-refractivity contribution in [1.82, 2.24) is 0 Å². The minimum absolute atomic E-state index is 0.133. The number of hydrogen-bond acceptors (Lipinski definition) is 8. The SMILES string of the molecule is COC(=O)CC1OC(c2cccc(O)c2OC)c2cc(Cl)ccc2N(CC(=O)OC(C)(C)C)C1=O. The van der Waals surface area contributed by atoms with Crippen LogP contribution in [-0.4, -0.2) is 55.4 Å². The van der Waals surface area contributed by atoms with Crippen molar-refractivity contribution in [1.29, 1.82) is 0 Å². The van der Waals surface area contributed by atoms with Crippen LogP contribution in [0.15, 0.2) is 36.4 Å². The molecule has 9 nitrogen and oxygen atoms in total. The third kappa shape index (κ3) is 6.04. The quantitative estimate of drug-likeness (QED) is 0.590. The lowest BCUT2D eigenvalue weighted by Crippen LogP contribution is -2.44. The average molecular weight is 506 g/mol. The van der Waals surface area contributed by atoms with Crippen LogP contribution in [0.25, 0.3) is 0 Å². The Bertz CT molecular complexity index is 1130. The van der Waals surface area contributed by atoms with E-state index in [1.807, 2.05) is 0 Å². The minimum atomic E-state index is -1.31. The molecule has 0 bridgehead atoms. The van der Waals surface area contributed by atoms with E-state index in [9.17, 15) is 19.5 Å². The molecule has 0 aliphatic carbocycles. The van der Waals surface area contributed by atoms with Gasteiger partial charge in [0.15, 0.2) is 11.5 Å². The maximum Gasteiger partial charge on any atom is 0.326 e. The molecule has 2 unspecified atom stereocenters. The fourth-order valence-electron chi connectivity index (χ4n) is 3.82. The van der Waals surface area contributed by atoms with E-state index in [1.54, 1.807) is 51.1 Å². The maximum atomic E-state index is 13.6. The summed E-state index contributed by atoms with van der Waals surface area (Å²) in [6, 6.07) is 9.47. The van der Waals surface area contributed by atoms with Gasteiger partial charge in [0.25, 0.3) is 5.91 Å². The summed E-state index contributed by atoms with van der Waals surface area (Å²) in [5.41, 5.74) is 0.408. The fourth-order valence-corrected chi connectivity index (χ4v) is 4.00. The summed E-state index contributed by atoms with van der Waals surface area (Å²) in [6.45, 7) is 4.73. The number of carbonyl (C=O) groups excluding carboxylic acids is 3. The van der Waals surface area contributed by atoms with Gasteiger partial charge in [-0.3, -0.25) is 19.3 Å². The van der Waals surface area contributed by atoms with Crippen molar-refractivity contribution >= 4 is 35.1 Å². The number of hydrogen-bond donors (Lipinski definition) is 1. The number of halogens is 1. The van der Waals surface area contributed by atoms with E-state index in [-0.39, 0.29) is 11.5 Å². The van der Waals surface area contributed by atoms with Gasteiger partial charge in [0, 0.05) is 16.1 Å². The third-order valence-electron chi connectivity index (χ3n) is 5.20. The zero-order valence-corrected chi connectivity index (χ0v) is 20.9. The Labute approximate surface area is 208 Å². The largest absolute Gasteiger partial charge is 0.504 e. The number of amides is 1. The van der Waals surface area contributed by atoms with Gasteiger partial charge in [0.05, 0.1) is 26.3 Å². The second-order valence-corrected chi connectivity index (χ2v) is 9.34. The molecule has 0 radical (unpaired) electrons. The van der Waals surface area contributed by atoms with Crippen molar-refractivity contribution in [2.24, 2.45) is 0 Å². The molecule has 0 fully saturated rings. The topological polar surface area (TPSA) is 112 Å². The number of ether oxygens (including phenoxy) is 4. The Hall–Kier alpha value is -3.30. The van der Waals surface area contributed by atoms with Gasteiger partial charge in [0.2, 0.25) is 0 Å². The molecule has 188 valence electrons. The van der Waals surface area contributed by atoms with E-state index >= 15 is 0 Å². The molecule has 1 amide bonds. The van der Waals surface area contributed by atoms with Crippen molar-refractivity contribution in [3.05, 3.63) is 52.5 Å². The van der Waals surface area contributed by atoms with Gasteiger partial charge < -0.3 is 24.1 Å². The Kier molecular flexibility index (Phi) is 7.92.